The van der Waals surface area contributed by atoms with E-state index in [1.165, 1.54) is 5.69 Å². The number of carbonyl (C=O) groups is 1. The van der Waals surface area contributed by atoms with Crippen molar-refractivity contribution in [2.24, 2.45) is 5.92 Å². The largest absolute Gasteiger partial charge is 0.456 e. The number of piperidine rings is 1. The highest BCUT2D eigenvalue weighted by atomic mass is 16.3. The average molecular weight is 342 g/mol. The number of aliphatic hydroxyl groups is 1. The zero-order chi connectivity index (χ0) is 17.8. The molecule has 1 aliphatic heterocycles. The van der Waals surface area contributed by atoms with Crippen LogP contribution in [0.15, 0.2) is 34.7 Å². The Bertz CT molecular complexity index is 694. The van der Waals surface area contributed by atoms with Gasteiger partial charge in [-0.1, -0.05) is 12.1 Å². The summed E-state index contributed by atoms with van der Waals surface area (Å²) in [6.45, 7) is 6.52. The third kappa shape index (κ3) is 4.23. The highest BCUT2D eigenvalue weighted by Crippen LogP contribution is 2.23. The Hall–Kier alpha value is -2.27. The predicted octanol–water partition coefficient (Wildman–Crippen LogP) is 3.04. The van der Waals surface area contributed by atoms with Crippen molar-refractivity contribution < 1.29 is 14.3 Å². The minimum Gasteiger partial charge on any atom is -0.456 e. The minimum atomic E-state index is -0.189. The van der Waals surface area contributed by atoms with Gasteiger partial charge in [-0.2, -0.15) is 0 Å². The maximum absolute atomic E-state index is 12.1. The van der Waals surface area contributed by atoms with Gasteiger partial charge in [0.1, 0.15) is 5.76 Å². The summed E-state index contributed by atoms with van der Waals surface area (Å²) < 4.78 is 5.44. The maximum atomic E-state index is 12.1. The number of nitrogens with one attached hydrogen (secondary N) is 1. The van der Waals surface area contributed by atoms with Crippen molar-refractivity contribution in [3.63, 3.8) is 0 Å². The van der Waals surface area contributed by atoms with Gasteiger partial charge >= 0.3 is 0 Å². The van der Waals surface area contributed by atoms with Gasteiger partial charge in [-0.15, -0.1) is 0 Å². The van der Waals surface area contributed by atoms with E-state index < -0.39 is 0 Å². The Labute approximate surface area is 148 Å². The lowest BCUT2D eigenvalue weighted by Gasteiger charge is -2.33. The van der Waals surface area contributed by atoms with Crippen molar-refractivity contribution in [1.82, 2.24) is 5.32 Å². The molecule has 1 aliphatic rings. The van der Waals surface area contributed by atoms with Crippen LogP contribution < -0.4 is 10.2 Å². The van der Waals surface area contributed by atoms with Gasteiger partial charge in [-0.25, -0.2) is 0 Å². The highest BCUT2D eigenvalue weighted by Gasteiger charge is 2.18. The fourth-order valence-electron chi connectivity index (χ4n) is 3.15. The SMILES string of the molecule is Cc1cc(C(=O)NCc2ccc(N3CCC(CO)CC3)cc2)oc1C. The number of benzene rings is 1. The molecule has 25 heavy (non-hydrogen) atoms. The van der Waals surface area contributed by atoms with E-state index >= 15 is 0 Å². The van der Waals surface area contributed by atoms with E-state index in [2.05, 4.69) is 22.3 Å². The summed E-state index contributed by atoms with van der Waals surface area (Å²) in [5.41, 5.74) is 3.24. The van der Waals surface area contributed by atoms with Crippen molar-refractivity contribution in [3.05, 3.63) is 53.0 Å². The van der Waals surface area contributed by atoms with E-state index in [4.69, 9.17) is 4.42 Å². The molecule has 1 fully saturated rings. The predicted molar refractivity (Wildman–Crippen MR) is 97.8 cm³/mol. The molecule has 0 bridgehead atoms. The van der Waals surface area contributed by atoms with Crippen LogP contribution in [0.1, 0.15) is 40.3 Å². The van der Waals surface area contributed by atoms with Crippen LogP contribution in [0, 0.1) is 19.8 Å². The summed E-state index contributed by atoms with van der Waals surface area (Å²) in [4.78, 5) is 14.5. The number of aliphatic hydroxyl groups excluding tert-OH is 1. The lowest BCUT2D eigenvalue weighted by atomic mass is 9.97. The molecular formula is C20H26N2O3. The zero-order valence-corrected chi connectivity index (χ0v) is 14.9. The number of amides is 1. The van der Waals surface area contributed by atoms with E-state index in [0.717, 1.165) is 42.8 Å². The van der Waals surface area contributed by atoms with E-state index in [-0.39, 0.29) is 5.91 Å². The molecule has 2 heterocycles. The molecule has 1 aromatic heterocycles. The van der Waals surface area contributed by atoms with Crippen molar-refractivity contribution in [2.75, 3.05) is 24.6 Å². The number of nitrogens with zero attached hydrogens (tertiary/aromatic N) is 1. The van der Waals surface area contributed by atoms with E-state index in [0.29, 0.717) is 24.8 Å². The third-order valence-corrected chi connectivity index (χ3v) is 5.02. The molecule has 2 aromatic rings. The summed E-state index contributed by atoms with van der Waals surface area (Å²) in [6.07, 6.45) is 2.08. The molecule has 1 amide bonds. The van der Waals surface area contributed by atoms with Gasteiger partial charge in [0.15, 0.2) is 5.76 Å². The summed E-state index contributed by atoms with van der Waals surface area (Å²) in [7, 11) is 0. The molecule has 0 saturated carbocycles. The van der Waals surface area contributed by atoms with Gasteiger partial charge < -0.3 is 19.7 Å². The van der Waals surface area contributed by atoms with E-state index in [1.54, 1.807) is 6.07 Å². The third-order valence-electron chi connectivity index (χ3n) is 5.02. The molecule has 2 N–H and O–H groups in total. The minimum absolute atomic E-state index is 0.189. The van der Waals surface area contributed by atoms with Crippen molar-refractivity contribution >= 4 is 11.6 Å². The van der Waals surface area contributed by atoms with Crippen LogP contribution >= 0.6 is 0 Å². The Morgan fingerprint density at radius 1 is 1.24 bits per heavy atom. The van der Waals surface area contributed by atoms with Gasteiger partial charge in [0.25, 0.3) is 5.91 Å². The first-order valence-electron chi connectivity index (χ1n) is 8.87. The average Bonchev–Trinajstić information content (AvgIpc) is 2.99. The number of anilines is 1. The summed E-state index contributed by atoms with van der Waals surface area (Å²) in [5.74, 6) is 1.39. The van der Waals surface area contributed by atoms with Gasteiger partial charge in [0, 0.05) is 31.9 Å². The number of hydrogen-bond donors (Lipinski definition) is 2. The highest BCUT2D eigenvalue weighted by molar-refractivity contribution is 5.91. The molecule has 0 unspecified atom stereocenters. The van der Waals surface area contributed by atoms with Gasteiger partial charge in [-0.05, 0) is 61.9 Å². The Morgan fingerprint density at radius 3 is 2.48 bits per heavy atom. The molecule has 3 rings (SSSR count). The molecule has 134 valence electrons. The summed E-state index contributed by atoms with van der Waals surface area (Å²) in [5, 5.41) is 12.1. The van der Waals surface area contributed by atoms with Crippen molar-refractivity contribution in [2.45, 2.75) is 33.2 Å². The number of rotatable bonds is 5. The summed E-state index contributed by atoms with van der Waals surface area (Å²) in [6, 6.07) is 10.1. The number of aryl methyl sites for hydroxylation is 2. The number of carbonyl (C=O) groups excluding carboxylic acids is 1. The molecule has 0 atom stereocenters. The molecule has 5 nitrogen and oxygen atoms in total. The fraction of sp³-hybridized carbons (Fsp3) is 0.450. The lowest BCUT2D eigenvalue weighted by Crippen LogP contribution is -2.34. The molecule has 0 radical (unpaired) electrons. The Kier molecular flexibility index (Phi) is 5.43. The first-order valence-corrected chi connectivity index (χ1v) is 8.87. The normalized spacial score (nSPS) is 15.4. The molecular weight excluding hydrogens is 316 g/mol. The van der Waals surface area contributed by atoms with Crippen LogP contribution in [-0.2, 0) is 6.54 Å². The van der Waals surface area contributed by atoms with Crippen LogP contribution in [0.25, 0.3) is 0 Å². The van der Waals surface area contributed by atoms with Crippen LogP contribution in [0.4, 0.5) is 5.69 Å². The van der Waals surface area contributed by atoms with Gasteiger partial charge in [-0.3, -0.25) is 4.79 Å². The standard InChI is InChI=1S/C20H26N2O3/c1-14-11-19(25-15(14)2)20(24)21-12-16-3-5-18(6-4-16)22-9-7-17(13-23)8-10-22/h3-6,11,17,23H,7-10,12-13H2,1-2H3,(H,21,24). The second-order valence-electron chi connectivity index (χ2n) is 6.81. The second kappa shape index (κ2) is 7.74. The molecule has 1 saturated heterocycles. The van der Waals surface area contributed by atoms with Crippen molar-refractivity contribution in [3.8, 4) is 0 Å². The Balaban J connectivity index is 1.53. The van der Waals surface area contributed by atoms with Crippen LogP contribution in [0.3, 0.4) is 0 Å². The van der Waals surface area contributed by atoms with E-state index in [9.17, 15) is 9.90 Å². The van der Waals surface area contributed by atoms with Crippen LogP contribution in [-0.4, -0.2) is 30.7 Å². The summed E-state index contributed by atoms with van der Waals surface area (Å²) >= 11 is 0. The van der Waals surface area contributed by atoms with Gasteiger partial charge in [0.2, 0.25) is 0 Å². The first-order chi connectivity index (χ1) is 12.1. The molecule has 5 heteroatoms. The van der Waals surface area contributed by atoms with Crippen LogP contribution in [0.2, 0.25) is 0 Å². The molecule has 0 spiro atoms. The quantitative estimate of drug-likeness (QED) is 0.876. The number of hydrogen-bond acceptors (Lipinski definition) is 4. The first kappa shape index (κ1) is 17.5. The van der Waals surface area contributed by atoms with Crippen molar-refractivity contribution in [1.29, 1.82) is 0 Å². The molecule has 1 aromatic carbocycles. The molecule has 0 aliphatic carbocycles. The maximum Gasteiger partial charge on any atom is 0.287 e. The monoisotopic (exact) mass is 342 g/mol. The van der Waals surface area contributed by atoms with Crippen LogP contribution in [0.5, 0.6) is 0 Å². The smallest absolute Gasteiger partial charge is 0.287 e. The van der Waals surface area contributed by atoms with E-state index in [1.807, 2.05) is 26.0 Å². The number of furan rings is 1. The second-order valence-corrected chi connectivity index (χ2v) is 6.81. The Morgan fingerprint density at radius 2 is 1.92 bits per heavy atom. The lowest BCUT2D eigenvalue weighted by molar-refractivity contribution is 0.0922. The zero-order valence-electron chi connectivity index (χ0n) is 14.9. The van der Waals surface area contributed by atoms with Gasteiger partial charge in [0.05, 0.1) is 0 Å². The fourth-order valence-corrected chi connectivity index (χ4v) is 3.15. The topological polar surface area (TPSA) is 65.7 Å².